The summed E-state index contributed by atoms with van der Waals surface area (Å²) in [6.45, 7) is 4.26. The summed E-state index contributed by atoms with van der Waals surface area (Å²) in [5, 5.41) is 10.8. The molecule has 8 nitrogen and oxygen atoms in total. The molecule has 2 aromatic rings. The zero-order valence-corrected chi connectivity index (χ0v) is 17.2. The maximum atomic E-state index is 12.5. The number of nitrogens with one attached hydrogen (secondary N) is 2. The van der Waals surface area contributed by atoms with Crippen molar-refractivity contribution in [3.63, 3.8) is 0 Å². The summed E-state index contributed by atoms with van der Waals surface area (Å²) in [5.41, 5.74) is 1.35. The Morgan fingerprint density at radius 2 is 1.76 bits per heavy atom. The second-order valence-corrected chi connectivity index (χ2v) is 7.99. The van der Waals surface area contributed by atoms with Gasteiger partial charge in [-0.1, -0.05) is 25.5 Å². The number of primary sulfonamides is 1. The van der Waals surface area contributed by atoms with Crippen molar-refractivity contribution in [2.24, 2.45) is 5.14 Å². The second kappa shape index (κ2) is 10.0. The SMILES string of the molecule is CCCCNc1ccccc1C(=O)O[C@@H](C)C(=O)Nc1ccc(S(N)(=O)=O)cc1. The van der Waals surface area contributed by atoms with Crippen LogP contribution in [-0.4, -0.2) is 32.9 Å². The van der Waals surface area contributed by atoms with Gasteiger partial charge in [0.25, 0.3) is 5.91 Å². The number of esters is 1. The first-order chi connectivity index (χ1) is 13.7. The number of sulfonamides is 1. The van der Waals surface area contributed by atoms with Gasteiger partial charge in [-0.15, -0.1) is 0 Å². The average molecular weight is 420 g/mol. The highest BCUT2D eigenvalue weighted by molar-refractivity contribution is 7.89. The van der Waals surface area contributed by atoms with Crippen molar-refractivity contribution in [3.05, 3.63) is 54.1 Å². The number of ether oxygens (including phenoxy) is 1. The second-order valence-electron chi connectivity index (χ2n) is 6.43. The number of anilines is 2. The van der Waals surface area contributed by atoms with E-state index < -0.39 is 28.0 Å². The molecule has 1 atom stereocenters. The first kappa shape index (κ1) is 22.4. The topological polar surface area (TPSA) is 128 Å². The highest BCUT2D eigenvalue weighted by Gasteiger charge is 2.21. The van der Waals surface area contributed by atoms with Gasteiger partial charge >= 0.3 is 5.97 Å². The third-order valence-corrected chi connectivity index (χ3v) is 5.03. The van der Waals surface area contributed by atoms with Crippen LogP contribution in [0.2, 0.25) is 0 Å². The van der Waals surface area contributed by atoms with E-state index in [0.29, 0.717) is 16.9 Å². The largest absolute Gasteiger partial charge is 0.449 e. The van der Waals surface area contributed by atoms with E-state index in [1.165, 1.54) is 31.2 Å². The van der Waals surface area contributed by atoms with Crippen LogP contribution in [0.4, 0.5) is 11.4 Å². The molecule has 0 saturated carbocycles. The van der Waals surface area contributed by atoms with Crippen LogP contribution in [0.3, 0.4) is 0 Å². The number of carbonyl (C=O) groups is 2. The number of unbranched alkanes of at least 4 members (excludes halogenated alkanes) is 1. The fraction of sp³-hybridized carbons (Fsp3) is 0.300. The Morgan fingerprint density at radius 3 is 2.38 bits per heavy atom. The Kier molecular flexibility index (Phi) is 7.74. The molecule has 4 N–H and O–H groups in total. The van der Waals surface area contributed by atoms with Crippen LogP contribution in [0.25, 0.3) is 0 Å². The molecule has 2 aromatic carbocycles. The molecule has 0 unspecified atom stereocenters. The number of hydrogen-bond acceptors (Lipinski definition) is 6. The van der Waals surface area contributed by atoms with Gasteiger partial charge in [-0.05, 0) is 49.7 Å². The highest BCUT2D eigenvalue weighted by Crippen LogP contribution is 2.18. The van der Waals surface area contributed by atoms with Crippen molar-refractivity contribution in [2.45, 2.75) is 37.7 Å². The van der Waals surface area contributed by atoms with E-state index in [4.69, 9.17) is 9.88 Å². The number of amides is 1. The first-order valence-electron chi connectivity index (χ1n) is 9.20. The Balaban J connectivity index is 2.00. The summed E-state index contributed by atoms with van der Waals surface area (Å²) in [6, 6.07) is 12.3. The highest BCUT2D eigenvalue weighted by atomic mass is 32.2. The lowest BCUT2D eigenvalue weighted by molar-refractivity contribution is -0.123. The third-order valence-electron chi connectivity index (χ3n) is 4.10. The standard InChI is InChI=1S/C20H25N3O5S/c1-3-4-13-22-18-8-6-5-7-17(18)20(25)28-14(2)19(24)23-15-9-11-16(12-10-15)29(21,26)27/h5-12,14,22H,3-4,13H2,1-2H3,(H,23,24)(H2,21,26,27)/t14-/m0/s1. The molecule has 0 aliphatic rings. The van der Waals surface area contributed by atoms with Gasteiger partial charge in [0.05, 0.1) is 10.5 Å². The van der Waals surface area contributed by atoms with Gasteiger partial charge in [-0.3, -0.25) is 4.79 Å². The number of rotatable bonds is 9. The lowest BCUT2D eigenvalue weighted by atomic mass is 10.1. The quantitative estimate of drug-likeness (QED) is 0.424. The Hall–Kier alpha value is -2.91. The number of para-hydroxylation sites is 1. The van der Waals surface area contributed by atoms with Gasteiger partial charge in [-0.2, -0.15) is 0 Å². The van der Waals surface area contributed by atoms with Gasteiger partial charge in [-0.25, -0.2) is 18.4 Å². The molecular weight excluding hydrogens is 394 g/mol. The maximum Gasteiger partial charge on any atom is 0.341 e. The maximum absolute atomic E-state index is 12.5. The fourth-order valence-corrected chi connectivity index (χ4v) is 2.98. The molecule has 9 heteroatoms. The third kappa shape index (κ3) is 6.58. The monoisotopic (exact) mass is 419 g/mol. The van der Waals surface area contributed by atoms with E-state index in [1.54, 1.807) is 18.2 Å². The van der Waals surface area contributed by atoms with Crippen LogP contribution in [-0.2, 0) is 19.6 Å². The molecule has 0 spiro atoms. The van der Waals surface area contributed by atoms with Crippen LogP contribution in [0.1, 0.15) is 37.0 Å². The predicted molar refractivity (Wildman–Crippen MR) is 111 cm³/mol. The summed E-state index contributed by atoms with van der Waals surface area (Å²) >= 11 is 0. The summed E-state index contributed by atoms with van der Waals surface area (Å²) in [4.78, 5) is 24.7. The molecule has 2 rings (SSSR count). The van der Waals surface area contributed by atoms with Gasteiger partial charge in [0.1, 0.15) is 0 Å². The van der Waals surface area contributed by atoms with Gasteiger partial charge in [0, 0.05) is 17.9 Å². The fourth-order valence-electron chi connectivity index (χ4n) is 2.46. The van der Waals surface area contributed by atoms with Crippen LogP contribution in [0.5, 0.6) is 0 Å². The Bertz CT molecular complexity index is 958. The van der Waals surface area contributed by atoms with Crippen molar-refractivity contribution in [1.29, 1.82) is 0 Å². The molecule has 29 heavy (non-hydrogen) atoms. The van der Waals surface area contributed by atoms with Gasteiger partial charge in [0.2, 0.25) is 10.0 Å². The minimum Gasteiger partial charge on any atom is -0.449 e. The minimum atomic E-state index is -3.81. The van der Waals surface area contributed by atoms with Crippen molar-refractivity contribution in [3.8, 4) is 0 Å². The normalized spacial score (nSPS) is 12.1. The van der Waals surface area contributed by atoms with E-state index in [0.717, 1.165) is 19.4 Å². The molecule has 0 aromatic heterocycles. The van der Waals surface area contributed by atoms with E-state index >= 15 is 0 Å². The van der Waals surface area contributed by atoms with Crippen molar-refractivity contribution in [1.82, 2.24) is 0 Å². The van der Waals surface area contributed by atoms with Crippen LogP contribution in [0, 0.1) is 0 Å². The smallest absolute Gasteiger partial charge is 0.341 e. The number of carbonyl (C=O) groups excluding carboxylic acids is 2. The van der Waals surface area contributed by atoms with Gasteiger partial charge in [0.15, 0.2) is 6.10 Å². The number of hydrogen-bond donors (Lipinski definition) is 3. The lowest BCUT2D eigenvalue weighted by Crippen LogP contribution is -2.30. The van der Waals surface area contributed by atoms with Crippen molar-refractivity contribution < 1.29 is 22.7 Å². The minimum absolute atomic E-state index is 0.0674. The number of nitrogens with two attached hydrogens (primary N) is 1. The summed E-state index contributed by atoms with van der Waals surface area (Å²) in [6.07, 6.45) is 0.936. The molecule has 156 valence electrons. The van der Waals surface area contributed by atoms with E-state index in [9.17, 15) is 18.0 Å². The van der Waals surface area contributed by atoms with E-state index in [2.05, 4.69) is 17.6 Å². The van der Waals surface area contributed by atoms with Crippen LogP contribution >= 0.6 is 0 Å². The average Bonchev–Trinajstić information content (AvgIpc) is 2.68. The molecule has 1 amide bonds. The van der Waals surface area contributed by atoms with Crippen molar-refractivity contribution >= 4 is 33.3 Å². The van der Waals surface area contributed by atoms with Crippen LogP contribution < -0.4 is 15.8 Å². The van der Waals surface area contributed by atoms with E-state index in [1.807, 2.05) is 6.07 Å². The van der Waals surface area contributed by atoms with Crippen LogP contribution in [0.15, 0.2) is 53.4 Å². The molecular formula is C20H25N3O5S. The molecule has 0 fully saturated rings. The van der Waals surface area contributed by atoms with Crippen molar-refractivity contribution in [2.75, 3.05) is 17.2 Å². The molecule has 0 heterocycles. The summed E-state index contributed by atoms with van der Waals surface area (Å²) in [5.74, 6) is -1.16. The molecule has 0 bridgehead atoms. The summed E-state index contributed by atoms with van der Waals surface area (Å²) in [7, 11) is -3.81. The number of benzene rings is 2. The zero-order chi connectivity index (χ0) is 21.4. The Labute approximate surface area is 170 Å². The first-order valence-corrected chi connectivity index (χ1v) is 10.7. The van der Waals surface area contributed by atoms with Gasteiger partial charge < -0.3 is 15.4 Å². The molecule has 0 aliphatic heterocycles. The molecule has 0 radical (unpaired) electrons. The summed E-state index contributed by atoms with van der Waals surface area (Å²) < 4.78 is 27.8. The Morgan fingerprint density at radius 1 is 1.10 bits per heavy atom. The molecule has 0 aliphatic carbocycles. The molecule has 0 saturated heterocycles. The lowest BCUT2D eigenvalue weighted by Gasteiger charge is -2.16. The van der Waals surface area contributed by atoms with E-state index in [-0.39, 0.29) is 4.90 Å². The zero-order valence-electron chi connectivity index (χ0n) is 16.3. The predicted octanol–water partition coefficient (Wildman–Crippen LogP) is 2.73.